The first-order valence-electron chi connectivity index (χ1n) is 30.9. The maximum absolute atomic E-state index is 12.6. The number of epoxide rings is 2. The predicted octanol–water partition coefficient (Wildman–Crippen LogP) is 5.50. The highest BCUT2D eigenvalue weighted by atomic mass is 16.6. The Hall–Kier alpha value is -3.58. The molecule has 0 aromatic carbocycles. The number of rotatable bonds is 49. The summed E-state index contributed by atoms with van der Waals surface area (Å²) in [5.74, 6) is -3.23. The molecule has 0 amide bonds. The van der Waals surface area contributed by atoms with Gasteiger partial charge in [-0.1, -0.05) is 40.5 Å². The molecule has 22 nitrogen and oxygen atoms in total. The third-order valence-corrected chi connectivity index (χ3v) is 13.2. The Morgan fingerprint density at radius 1 is 0.500 bits per heavy atom. The summed E-state index contributed by atoms with van der Waals surface area (Å²) in [4.78, 5) is 73.6. The standard InChI is InChI=1S/C30H58N2O9.C24H40O9.C6H16N2/c1-21(2)31-19-27(35)18-25(30(38)41-23(5)6)12-10-16-39-28(36)13-7-8-15-40-29(37)24(11-9-14-33)17-26(20-34)32-22(3)4;1-17(2)33-24(28)19(14-21-16-32-21)8-6-12-29-22(26)9-3-4-11-30-23(27)18(7-5-10-25)13-20-15-31-20;7-5-3-1-2-4-6-8/h21-27,31-35H,7-20H2,1-6H3;17-21,25H,3-16H2,1-2H3;1-8H2. The summed E-state index contributed by atoms with van der Waals surface area (Å²) in [6.07, 6.45) is 12.7. The molecule has 0 aromatic rings. The average Bonchev–Trinajstić information content (AvgIpc) is 4.39. The third kappa shape index (κ3) is 46.8. The number of nitrogens with one attached hydrogen (secondary N) is 2. The minimum absolute atomic E-state index is 0.0201. The van der Waals surface area contributed by atoms with Gasteiger partial charge in [0.2, 0.25) is 0 Å². The molecule has 482 valence electrons. The van der Waals surface area contributed by atoms with E-state index in [1.165, 1.54) is 12.8 Å². The molecule has 2 rings (SSSR count). The smallest absolute Gasteiger partial charge is 0.309 e. The second-order valence-corrected chi connectivity index (χ2v) is 22.7. The monoisotopic (exact) mass is 1180 g/mol. The number of unbranched alkanes of at least 4 members (excludes halogenated alkanes) is 5. The Balaban J connectivity index is 0.00000143. The molecule has 2 aliphatic heterocycles. The van der Waals surface area contributed by atoms with Gasteiger partial charge in [0.05, 0.1) is 100 Å². The number of aliphatic hydroxyl groups excluding tert-OH is 4. The van der Waals surface area contributed by atoms with Crippen LogP contribution in [0.2, 0.25) is 0 Å². The van der Waals surface area contributed by atoms with Crippen molar-refractivity contribution in [3.63, 3.8) is 0 Å². The van der Waals surface area contributed by atoms with Gasteiger partial charge in [-0.05, 0) is 156 Å². The van der Waals surface area contributed by atoms with Crippen LogP contribution in [0.1, 0.15) is 197 Å². The molecule has 0 aromatic heterocycles. The van der Waals surface area contributed by atoms with E-state index in [1.54, 1.807) is 13.8 Å². The zero-order chi connectivity index (χ0) is 61.5. The highest BCUT2D eigenvalue weighted by Gasteiger charge is 2.33. The lowest BCUT2D eigenvalue weighted by atomic mass is 9.95. The summed E-state index contributed by atoms with van der Waals surface area (Å²) in [7, 11) is 0. The van der Waals surface area contributed by atoms with E-state index in [4.69, 9.17) is 59.6 Å². The molecule has 8 unspecified atom stereocenters. The van der Waals surface area contributed by atoms with Crippen LogP contribution in [0.5, 0.6) is 0 Å². The second-order valence-electron chi connectivity index (χ2n) is 22.7. The van der Waals surface area contributed by atoms with E-state index in [-0.39, 0.29) is 156 Å². The Labute approximate surface area is 491 Å². The van der Waals surface area contributed by atoms with E-state index in [9.17, 15) is 39.0 Å². The first-order chi connectivity index (χ1) is 39.2. The Bertz CT molecular complexity index is 1630. The summed E-state index contributed by atoms with van der Waals surface area (Å²) in [5, 5.41) is 44.5. The van der Waals surface area contributed by atoms with Gasteiger partial charge < -0.3 is 80.4 Å². The van der Waals surface area contributed by atoms with E-state index in [2.05, 4.69) is 10.6 Å². The third-order valence-electron chi connectivity index (χ3n) is 13.2. The summed E-state index contributed by atoms with van der Waals surface area (Å²) in [6, 6.07) is 0.154. The molecule has 0 spiro atoms. The van der Waals surface area contributed by atoms with E-state index in [1.807, 2.05) is 41.5 Å². The zero-order valence-electron chi connectivity index (χ0n) is 51.6. The van der Waals surface area contributed by atoms with Gasteiger partial charge in [0.15, 0.2) is 0 Å². The number of carbonyl (C=O) groups is 6. The first kappa shape index (κ1) is 78.4. The molecule has 2 saturated heterocycles. The molecule has 10 N–H and O–H groups in total. The normalized spacial score (nSPS) is 16.6. The maximum Gasteiger partial charge on any atom is 0.309 e. The highest BCUT2D eigenvalue weighted by molar-refractivity contribution is 5.74. The number of hydrogen-bond acceptors (Lipinski definition) is 22. The van der Waals surface area contributed by atoms with Crippen molar-refractivity contribution in [3.05, 3.63) is 0 Å². The van der Waals surface area contributed by atoms with Crippen LogP contribution in [-0.4, -0.2) is 184 Å². The van der Waals surface area contributed by atoms with E-state index < -0.39 is 17.9 Å². The topological polar surface area (TPSA) is 340 Å². The van der Waals surface area contributed by atoms with Crippen LogP contribution in [0.25, 0.3) is 0 Å². The fraction of sp³-hybridized carbons (Fsp3) is 0.900. The average molecular weight is 1180 g/mol. The molecular formula is C60H114N4O18. The molecule has 2 heterocycles. The molecule has 0 saturated carbocycles. The van der Waals surface area contributed by atoms with Crippen LogP contribution < -0.4 is 22.1 Å². The van der Waals surface area contributed by atoms with Gasteiger partial charge in [-0.2, -0.15) is 0 Å². The van der Waals surface area contributed by atoms with Gasteiger partial charge >= 0.3 is 35.8 Å². The molecule has 0 aliphatic carbocycles. The molecule has 82 heavy (non-hydrogen) atoms. The SMILES string of the molecule is CC(C)NCC(O)CC(CCCOC(=O)CCCCOC(=O)C(CCCO)CC(CO)NC(C)C)C(=O)OC(C)C.CC(C)OC(=O)C(CCCOC(=O)CCCCOC(=O)C(CCCO)CC1CO1)CC1CO1.NCCCCCCN. The molecule has 22 heteroatoms. The van der Waals surface area contributed by atoms with Crippen LogP contribution in [0.3, 0.4) is 0 Å². The number of aliphatic hydroxyl groups is 4. The minimum Gasteiger partial charge on any atom is -0.466 e. The molecule has 0 radical (unpaired) electrons. The van der Waals surface area contributed by atoms with Crippen LogP contribution >= 0.6 is 0 Å². The first-order valence-corrected chi connectivity index (χ1v) is 30.9. The van der Waals surface area contributed by atoms with Crippen LogP contribution in [0.4, 0.5) is 0 Å². The van der Waals surface area contributed by atoms with Gasteiger partial charge in [0.1, 0.15) is 0 Å². The summed E-state index contributed by atoms with van der Waals surface area (Å²) >= 11 is 0. The van der Waals surface area contributed by atoms with Crippen molar-refractivity contribution in [2.45, 2.75) is 245 Å². The van der Waals surface area contributed by atoms with Gasteiger partial charge in [-0.3, -0.25) is 28.8 Å². The van der Waals surface area contributed by atoms with E-state index in [0.717, 1.165) is 25.9 Å². The maximum atomic E-state index is 12.6. The Morgan fingerprint density at radius 3 is 1.32 bits per heavy atom. The van der Waals surface area contributed by atoms with Gasteiger partial charge in [0, 0.05) is 50.7 Å². The molecule has 0 bridgehead atoms. The van der Waals surface area contributed by atoms with E-state index in [0.29, 0.717) is 116 Å². The zero-order valence-corrected chi connectivity index (χ0v) is 51.6. The number of ether oxygens (including phenoxy) is 8. The van der Waals surface area contributed by atoms with Crippen molar-refractivity contribution in [3.8, 4) is 0 Å². The molecule has 2 aliphatic rings. The van der Waals surface area contributed by atoms with Crippen LogP contribution in [0.15, 0.2) is 0 Å². The van der Waals surface area contributed by atoms with Gasteiger partial charge in [0.25, 0.3) is 0 Å². The Morgan fingerprint density at radius 2 is 0.902 bits per heavy atom. The van der Waals surface area contributed by atoms with Gasteiger partial charge in [-0.25, -0.2) is 0 Å². The van der Waals surface area contributed by atoms with Crippen molar-refractivity contribution >= 4 is 35.8 Å². The minimum atomic E-state index is -0.684. The summed E-state index contributed by atoms with van der Waals surface area (Å²) in [6.45, 7) is 19.3. The van der Waals surface area contributed by atoms with Gasteiger partial charge in [-0.15, -0.1) is 0 Å². The van der Waals surface area contributed by atoms with Crippen molar-refractivity contribution in [2.24, 2.45) is 35.1 Å². The fourth-order valence-electron chi connectivity index (χ4n) is 8.64. The summed E-state index contributed by atoms with van der Waals surface area (Å²) in [5.41, 5.74) is 10.6. The van der Waals surface area contributed by atoms with Crippen LogP contribution in [0, 0.1) is 23.7 Å². The number of hydrogen-bond donors (Lipinski definition) is 8. The Kier molecular flexibility index (Phi) is 48.5. The lowest BCUT2D eigenvalue weighted by Gasteiger charge is -2.24. The van der Waals surface area contributed by atoms with Crippen molar-refractivity contribution in [2.75, 3.05) is 79.1 Å². The number of nitrogens with two attached hydrogens (primary N) is 2. The quantitative estimate of drug-likeness (QED) is 0.0161. The molecular weight excluding hydrogens is 1060 g/mol. The van der Waals surface area contributed by atoms with Crippen molar-refractivity contribution in [1.82, 2.24) is 10.6 Å². The fourth-order valence-corrected chi connectivity index (χ4v) is 8.64. The summed E-state index contributed by atoms with van der Waals surface area (Å²) < 4.78 is 42.4. The number of carbonyl (C=O) groups excluding carboxylic acids is 6. The molecule has 8 atom stereocenters. The molecule has 2 fully saturated rings. The lowest BCUT2D eigenvalue weighted by Crippen LogP contribution is -2.40. The second kappa shape index (κ2) is 50.7. The largest absolute Gasteiger partial charge is 0.466 e. The lowest BCUT2D eigenvalue weighted by molar-refractivity contribution is -0.154. The van der Waals surface area contributed by atoms with Crippen molar-refractivity contribution in [1.29, 1.82) is 0 Å². The van der Waals surface area contributed by atoms with Crippen LogP contribution in [-0.2, 0) is 66.7 Å². The number of esters is 6. The predicted molar refractivity (Wildman–Crippen MR) is 312 cm³/mol. The van der Waals surface area contributed by atoms with Crippen molar-refractivity contribution < 1.29 is 87.1 Å². The van der Waals surface area contributed by atoms with E-state index >= 15 is 0 Å². The highest BCUT2D eigenvalue weighted by Crippen LogP contribution is 2.26.